The van der Waals surface area contributed by atoms with Gasteiger partial charge in [-0.2, -0.15) is 5.26 Å². The van der Waals surface area contributed by atoms with E-state index < -0.39 is 6.10 Å². The Labute approximate surface area is 174 Å². The number of benzene rings is 1. The first kappa shape index (κ1) is 19.8. The molecule has 3 aromatic rings. The fourth-order valence-electron chi connectivity index (χ4n) is 3.76. The van der Waals surface area contributed by atoms with Gasteiger partial charge in [-0.3, -0.25) is 14.3 Å². The molecule has 7 nitrogen and oxygen atoms in total. The predicted molar refractivity (Wildman–Crippen MR) is 114 cm³/mol. The molecular formula is C23H23N5O2. The zero-order chi connectivity index (χ0) is 21.3. The summed E-state index contributed by atoms with van der Waals surface area (Å²) in [6.07, 6.45) is 3.32. The lowest BCUT2D eigenvalue weighted by atomic mass is 9.94. The third-order valence-electron chi connectivity index (χ3n) is 5.66. The Bertz CT molecular complexity index is 1150. The van der Waals surface area contributed by atoms with Crippen LogP contribution < -0.4 is 10.5 Å². The summed E-state index contributed by atoms with van der Waals surface area (Å²) in [5, 5.41) is 19.9. The molecule has 4 rings (SSSR count). The number of β-amino-alcohol motifs (C(OH)–C–C–N with tert-alkyl or cyclic N) is 1. The van der Waals surface area contributed by atoms with Crippen LogP contribution in [0.3, 0.4) is 0 Å². The number of rotatable bonds is 4. The topological polar surface area (TPSA) is 95.0 Å². The van der Waals surface area contributed by atoms with E-state index in [1.807, 2.05) is 17.0 Å². The van der Waals surface area contributed by atoms with Gasteiger partial charge in [-0.25, -0.2) is 4.98 Å². The van der Waals surface area contributed by atoms with Crippen molar-refractivity contribution in [1.29, 1.82) is 5.26 Å². The standard InChI is InChI=1S/C23H23N5O2/c1-23(2)9-12-27-21(30)13-19(17-7-10-25-11-8-17)26-22(27)28(23)15-20(29)18-5-3-16(14-24)4-6-18/h3-8,10-11,13,20,29H,9,12,15H2,1-2H3. The van der Waals surface area contributed by atoms with Crippen molar-refractivity contribution in [1.82, 2.24) is 14.5 Å². The number of hydrogen-bond acceptors (Lipinski definition) is 6. The van der Waals surface area contributed by atoms with Crippen LogP contribution in [0.15, 0.2) is 59.7 Å². The molecule has 0 bridgehead atoms. The zero-order valence-corrected chi connectivity index (χ0v) is 17.0. The van der Waals surface area contributed by atoms with Crippen molar-refractivity contribution in [2.75, 3.05) is 11.4 Å². The Morgan fingerprint density at radius 3 is 2.57 bits per heavy atom. The highest BCUT2D eigenvalue weighted by molar-refractivity contribution is 5.60. The molecule has 1 N–H and O–H groups in total. The summed E-state index contributed by atoms with van der Waals surface area (Å²) in [5.41, 5.74) is 2.27. The van der Waals surface area contributed by atoms with Crippen molar-refractivity contribution in [3.05, 3.63) is 76.3 Å². The van der Waals surface area contributed by atoms with Crippen molar-refractivity contribution in [3.8, 4) is 17.3 Å². The lowest BCUT2D eigenvalue weighted by Crippen LogP contribution is -2.53. The molecule has 1 atom stereocenters. The van der Waals surface area contributed by atoms with Crippen LogP contribution in [0.2, 0.25) is 0 Å². The summed E-state index contributed by atoms with van der Waals surface area (Å²) >= 11 is 0. The van der Waals surface area contributed by atoms with Gasteiger partial charge >= 0.3 is 0 Å². The Hall–Kier alpha value is -3.50. The Morgan fingerprint density at radius 1 is 1.20 bits per heavy atom. The lowest BCUT2D eigenvalue weighted by Gasteiger charge is -2.45. The lowest BCUT2D eigenvalue weighted by molar-refractivity contribution is 0.169. The first-order valence-corrected chi connectivity index (χ1v) is 9.87. The average molecular weight is 401 g/mol. The molecule has 0 saturated heterocycles. The number of nitrogens with zero attached hydrogens (tertiary/aromatic N) is 5. The maximum absolute atomic E-state index is 12.8. The molecule has 0 spiro atoms. The number of fused-ring (bicyclic) bond motifs is 1. The van der Waals surface area contributed by atoms with E-state index in [1.165, 1.54) is 0 Å². The van der Waals surface area contributed by atoms with Gasteiger partial charge in [0.2, 0.25) is 5.95 Å². The van der Waals surface area contributed by atoms with Crippen LogP contribution in [-0.4, -0.2) is 31.7 Å². The van der Waals surface area contributed by atoms with E-state index in [-0.39, 0.29) is 17.6 Å². The molecular weight excluding hydrogens is 378 g/mol. The van der Waals surface area contributed by atoms with Gasteiger partial charge in [-0.1, -0.05) is 12.1 Å². The number of anilines is 1. The fraction of sp³-hybridized carbons (Fsp3) is 0.304. The van der Waals surface area contributed by atoms with Crippen molar-refractivity contribution in [2.45, 2.75) is 38.5 Å². The fourth-order valence-corrected chi connectivity index (χ4v) is 3.76. The number of hydrogen-bond donors (Lipinski definition) is 1. The number of nitriles is 1. The van der Waals surface area contributed by atoms with Crippen LogP contribution in [0, 0.1) is 11.3 Å². The Balaban J connectivity index is 1.73. The summed E-state index contributed by atoms with van der Waals surface area (Å²) in [6, 6.07) is 14.2. The van der Waals surface area contributed by atoms with Gasteiger partial charge in [0.25, 0.3) is 5.56 Å². The predicted octanol–water partition coefficient (Wildman–Crippen LogP) is 2.90. The molecule has 0 saturated carbocycles. The van der Waals surface area contributed by atoms with Gasteiger partial charge in [0.15, 0.2) is 0 Å². The number of aromatic nitrogens is 3. The summed E-state index contributed by atoms with van der Waals surface area (Å²) in [7, 11) is 0. The molecule has 152 valence electrons. The van der Waals surface area contributed by atoms with E-state index in [9.17, 15) is 9.90 Å². The Kier molecular flexibility index (Phi) is 5.10. The zero-order valence-electron chi connectivity index (χ0n) is 17.0. The minimum atomic E-state index is -0.787. The van der Waals surface area contributed by atoms with Gasteiger partial charge in [-0.05, 0) is 50.1 Å². The highest BCUT2D eigenvalue weighted by Gasteiger charge is 2.36. The van der Waals surface area contributed by atoms with Crippen LogP contribution >= 0.6 is 0 Å². The van der Waals surface area contributed by atoms with E-state index in [0.717, 1.165) is 17.5 Å². The molecule has 1 aromatic carbocycles. The maximum atomic E-state index is 12.8. The quantitative estimate of drug-likeness (QED) is 0.722. The third kappa shape index (κ3) is 3.70. The molecule has 0 aliphatic carbocycles. The molecule has 1 aliphatic rings. The summed E-state index contributed by atoms with van der Waals surface area (Å²) in [6.45, 7) is 5.04. The number of aliphatic hydroxyl groups excluding tert-OH is 1. The molecule has 0 amide bonds. The highest BCUT2D eigenvalue weighted by Crippen LogP contribution is 2.33. The molecule has 3 heterocycles. The van der Waals surface area contributed by atoms with Crippen molar-refractivity contribution in [2.24, 2.45) is 0 Å². The van der Waals surface area contributed by atoms with Crippen LogP contribution in [0.4, 0.5) is 5.95 Å². The van der Waals surface area contributed by atoms with E-state index in [1.54, 1.807) is 47.3 Å². The van der Waals surface area contributed by atoms with E-state index >= 15 is 0 Å². The smallest absolute Gasteiger partial charge is 0.255 e. The largest absolute Gasteiger partial charge is 0.387 e. The molecule has 1 unspecified atom stereocenters. The van der Waals surface area contributed by atoms with Crippen LogP contribution in [0.1, 0.15) is 37.5 Å². The van der Waals surface area contributed by atoms with E-state index in [4.69, 9.17) is 10.2 Å². The van der Waals surface area contributed by atoms with Crippen molar-refractivity contribution < 1.29 is 5.11 Å². The maximum Gasteiger partial charge on any atom is 0.255 e. The van der Waals surface area contributed by atoms with Crippen LogP contribution in [-0.2, 0) is 6.54 Å². The molecule has 2 aromatic heterocycles. The van der Waals surface area contributed by atoms with E-state index in [0.29, 0.717) is 23.8 Å². The molecule has 0 fully saturated rings. The first-order valence-electron chi connectivity index (χ1n) is 9.87. The summed E-state index contributed by atoms with van der Waals surface area (Å²) in [4.78, 5) is 23.7. The van der Waals surface area contributed by atoms with Gasteiger partial charge in [-0.15, -0.1) is 0 Å². The highest BCUT2D eigenvalue weighted by atomic mass is 16.3. The van der Waals surface area contributed by atoms with E-state index in [2.05, 4.69) is 24.9 Å². The molecule has 0 radical (unpaired) electrons. The summed E-state index contributed by atoms with van der Waals surface area (Å²) in [5.74, 6) is 0.554. The molecule has 1 aliphatic heterocycles. The second kappa shape index (κ2) is 7.73. The van der Waals surface area contributed by atoms with Crippen molar-refractivity contribution in [3.63, 3.8) is 0 Å². The molecule has 7 heteroatoms. The minimum absolute atomic E-state index is 0.111. The van der Waals surface area contributed by atoms with Crippen molar-refractivity contribution >= 4 is 5.95 Å². The van der Waals surface area contributed by atoms with Gasteiger partial charge in [0.1, 0.15) is 0 Å². The Morgan fingerprint density at radius 2 is 1.90 bits per heavy atom. The van der Waals surface area contributed by atoms with Gasteiger partial charge < -0.3 is 10.0 Å². The number of pyridine rings is 1. The SMILES string of the molecule is CC1(C)CCn2c(nc(-c3ccncc3)cc2=O)N1CC(O)c1ccc(C#N)cc1. The third-order valence-corrected chi connectivity index (χ3v) is 5.66. The first-order chi connectivity index (χ1) is 14.4. The average Bonchev–Trinajstić information content (AvgIpc) is 2.76. The number of aliphatic hydroxyl groups is 1. The normalized spacial score (nSPS) is 15.9. The second-order valence-electron chi connectivity index (χ2n) is 8.09. The summed E-state index contributed by atoms with van der Waals surface area (Å²) < 4.78 is 1.67. The minimum Gasteiger partial charge on any atom is -0.387 e. The van der Waals surface area contributed by atoms with Gasteiger partial charge in [0, 0.05) is 36.1 Å². The van der Waals surface area contributed by atoms with Gasteiger partial charge in [0.05, 0.1) is 30.0 Å². The monoisotopic (exact) mass is 401 g/mol. The second-order valence-corrected chi connectivity index (χ2v) is 8.09. The van der Waals surface area contributed by atoms with Crippen LogP contribution in [0.25, 0.3) is 11.3 Å². The molecule has 30 heavy (non-hydrogen) atoms. The van der Waals surface area contributed by atoms with Crippen LogP contribution in [0.5, 0.6) is 0 Å².